The van der Waals surface area contributed by atoms with E-state index in [1.54, 1.807) is 17.9 Å². The van der Waals surface area contributed by atoms with Crippen molar-refractivity contribution in [3.63, 3.8) is 0 Å². The summed E-state index contributed by atoms with van der Waals surface area (Å²) < 4.78 is 10.8. The van der Waals surface area contributed by atoms with E-state index in [1.165, 1.54) is 0 Å². The minimum Gasteiger partial charge on any atom is -0.492 e. The van der Waals surface area contributed by atoms with Crippen LogP contribution >= 0.6 is 0 Å². The molecule has 7 heteroatoms. The van der Waals surface area contributed by atoms with Crippen LogP contribution in [0.15, 0.2) is 34.9 Å². The highest BCUT2D eigenvalue weighted by molar-refractivity contribution is 5.83. The summed E-state index contributed by atoms with van der Waals surface area (Å²) in [6.45, 7) is 2.34. The van der Waals surface area contributed by atoms with E-state index in [0.717, 1.165) is 5.56 Å². The molecule has 0 aliphatic carbocycles. The molecule has 7 nitrogen and oxygen atoms in total. The van der Waals surface area contributed by atoms with Gasteiger partial charge in [-0.15, -0.1) is 0 Å². The summed E-state index contributed by atoms with van der Waals surface area (Å²) in [4.78, 5) is 26.3. The molecule has 1 N–H and O–H groups in total. The lowest BCUT2D eigenvalue weighted by atomic mass is 9.73. The average Bonchev–Trinajstić information content (AvgIpc) is 3.19. The SMILES string of the molecule is Cc1cc(CC(=O)N2CC3c4ccccc4OC[C@]3(C(=O)O)C2)on1. The van der Waals surface area contributed by atoms with E-state index >= 15 is 0 Å². The number of carboxylic acid groups (broad SMARTS) is 1. The largest absolute Gasteiger partial charge is 0.492 e. The van der Waals surface area contributed by atoms with E-state index in [0.29, 0.717) is 23.7 Å². The van der Waals surface area contributed by atoms with Crippen LogP contribution in [0.2, 0.25) is 0 Å². The van der Waals surface area contributed by atoms with Crippen LogP contribution in [0.5, 0.6) is 5.75 Å². The zero-order valence-electron chi connectivity index (χ0n) is 13.8. The molecule has 4 rings (SSSR count). The number of nitrogens with zero attached hydrogens (tertiary/aromatic N) is 2. The van der Waals surface area contributed by atoms with Crippen LogP contribution in [0, 0.1) is 12.3 Å². The van der Waals surface area contributed by atoms with Gasteiger partial charge in [-0.3, -0.25) is 9.59 Å². The molecule has 2 aliphatic rings. The summed E-state index contributed by atoms with van der Waals surface area (Å²) in [6, 6.07) is 9.15. The van der Waals surface area contributed by atoms with E-state index in [4.69, 9.17) is 9.26 Å². The molecular weight excluding hydrogens is 324 g/mol. The third kappa shape index (κ3) is 2.47. The zero-order chi connectivity index (χ0) is 17.6. The maximum Gasteiger partial charge on any atom is 0.315 e. The highest BCUT2D eigenvalue weighted by atomic mass is 16.5. The number of ether oxygens (including phenoxy) is 1. The quantitative estimate of drug-likeness (QED) is 0.911. The van der Waals surface area contributed by atoms with Crippen molar-refractivity contribution in [3.05, 3.63) is 47.3 Å². The number of aryl methyl sites for hydroxylation is 1. The van der Waals surface area contributed by atoms with Crippen molar-refractivity contribution in [1.82, 2.24) is 10.1 Å². The molecule has 2 atom stereocenters. The number of carbonyl (C=O) groups is 2. The van der Waals surface area contributed by atoms with Gasteiger partial charge in [-0.05, 0) is 13.0 Å². The molecule has 1 amide bonds. The summed E-state index contributed by atoms with van der Waals surface area (Å²) >= 11 is 0. The van der Waals surface area contributed by atoms with Crippen molar-refractivity contribution in [2.45, 2.75) is 19.3 Å². The van der Waals surface area contributed by atoms with E-state index in [2.05, 4.69) is 5.16 Å². The fraction of sp³-hybridized carbons (Fsp3) is 0.389. The molecular formula is C18H18N2O5. The number of amides is 1. The minimum absolute atomic E-state index is 0.0647. The van der Waals surface area contributed by atoms with Crippen molar-refractivity contribution >= 4 is 11.9 Å². The number of carbonyl (C=O) groups excluding carboxylic acids is 1. The maximum absolute atomic E-state index is 12.6. The van der Waals surface area contributed by atoms with Crippen LogP contribution in [0.25, 0.3) is 0 Å². The van der Waals surface area contributed by atoms with E-state index in [9.17, 15) is 14.7 Å². The normalized spacial score (nSPS) is 24.4. The molecule has 1 aromatic heterocycles. The minimum atomic E-state index is -1.11. The van der Waals surface area contributed by atoms with Crippen molar-refractivity contribution in [2.75, 3.05) is 19.7 Å². The van der Waals surface area contributed by atoms with Crippen LogP contribution in [0.4, 0.5) is 0 Å². The molecule has 2 aliphatic heterocycles. The van der Waals surface area contributed by atoms with Gasteiger partial charge in [0.2, 0.25) is 5.91 Å². The summed E-state index contributed by atoms with van der Waals surface area (Å²) in [5.41, 5.74) is 0.450. The molecule has 0 saturated carbocycles. The molecule has 1 aromatic carbocycles. The van der Waals surface area contributed by atoms with E-state index in [-0.39, 0.29) is 31.4 Å². The Bertz CT molecular complexity index is 845. The smallest absolute Gasteiger partial charge is 0.315 e. The van der Waals surface area contributed by atoms with Crippen LogP contribution in [-0.4, -0.2) is 46.7 Å². The first-order chi connectivity index (χ1) is 12.0. The predicted molar refractivity (Wildman–Crippen MR) is 86.3 cm³/mol. The Hall–Kier alpha value is -2.83. The topological polar surface area (TPSA) is 92.9 Å². The first kappa shape index (κ1) is 15.7. The molecule has 1 unspecified atom stereocenters. The van der Waals surface area contributed by atoms with Crippen molar-refractivity contribution < 1.29 is 24.0 Å². The lowest BCUT2D eigenvalue weighted by Crippen LogP contribution is -2.46. The molecule has 25 heavy (non-hydrogen) atoms. The van der Waals surface area contributed by atoms with Crippen molar-refractivity contribution in [3.8, 4) is 5.75 Å². The van der Waals surface area contributed by atoms with Crippen LogP contribution < -0.4 is 4.74 Å². The fourth-order valence-electron chi connectivity index (χ4n) is 3.79. The van der Waals surface area contributed by atoms with Gasteiger partial charge in [-0.2, -0.15) is 0 Å². The van der Waals surface area contributed by atoms with Crippen molar-refractivity contribution in [2.24, 2.45) is 5.41 Å². The number of carboxylic acids is 1. The third-order valence-corrected chi connectivity index (χ3v) is 5.10. The predicted octanol–water partition coefficient (Wildman–Crippen LogP) is 1.61. The first-order valence-corrected chi connectivity index (χ1v) is 8.15. The second-order valence-corrected chi connectivity index (χ2v) is 6.73. The van der Waals surface area contributed by atoms with Gasteiger partial charge in [0, 0.05) is 30.6 Å². The number of aromatic nitrogens is 1. The Morgan fingerprint density at radius 3 is 2.92 bits per heavy atom. The number of para-hydroxylation sites is 1. The van der Waals surface area contributed by atoms with Crippen LogP contribution in [0.1, 0.15) is 22.9 Å². The highest BCUT2D eigenvalue weighted by Gasteiger charge is 2.57. The van der Waals surface area contributed by atoms with Gasteiger partial charge in [0.25, 0.3) is 0 Å². The monoisotopic (exact) mass is 342 g/mol. The standard InChI is InChI=1S/C18H18N2O5/c1-11-6-12(25-19-11)7-16(21)20-8-14-13-4-2-3-5-15(13)24-10-18(14,9-20)17(22)23/h2-6,14H,7-10H2,1H3,(H,22,23)/t14?,18-/m1/s1. The second-order valence-electron chi connectivity index (χ2n) is 6.73. The summed E-state index contributed by atoms with van der Waals surface area (Å²) in [7, 11) is 0. The molecule has 0 spiro atoms. The Morgan fingerprint density at radius 1 is 1.40 bits per heavy atom. The summed E-state index contributed by atoms with van der Waals surface area (Å²) in [5, 5.41) is 13.7. The Labute approximate surface area is 144 Å². The van der Waals surface area contributed by atoms with Gasteiger partial charge >= 0.3 is 5.97 Å². The van der Waals surface area contributed by atoms with Gasteiger partial charge in [0.05, 0.1) is 12.1 Å². The lowest BCUT2D eigenvalue weighted by Gasteiger charge is -2.35. The maximum atomic E-state index is 12.6. The number of likely N-dealkylation sites (tertiary alicyclic amines) is 1. The Morgan fingerprint density at radius 2 is 2.20 bits per heavy atom. The number of benzene rings is 1. The van der Waals surface area contributed by atoms with Crippen LogP contribution in [0.3, 0.4) is 0 Å². The van der Waals surface area contributed by atoms with Gasteiger partial charge in [0.1, 0.15) is 23.5 Å². The number of aliphatic carboxylic acids is 1. The second kappa shape index (κ2) is 5.61. The van der Waals surface area contributed by atoms with Gasteiger partial charge in [0.15, 0.2) is 0 Å². The zero-order valence-corrected chi connectivity index (χ0v) is 13.8. The van der Waals surface area contributed by atoms with E-state index in [1.807, 2.05) is 24.3 Å². The van der Waals surface area contributed by atoms with Crippen molar-refractivity contribution in [1.29, 1.82) is 0 Å². The van der Waals surface area contributed by atoms with Gasteiger partial charge in [-0.1, -0.05) is 23.4 Å². The highest BCUT2D eigenvalue weighted by Crippen LogP contribution is 2.49. The lowest BCUT2D eigenvalue weighted by molar-refractivity contribution is -0.152. The fourth-order valence-corrected chi connectivity index (χ4v) is 3.79. The number of fused-ring (bicyclic) bond motifs is 3. The third-order valence-electron chi connectivity index (χ3n) is 5.10. The molecule has 2 aromatic rings. The molecule has 1 fully saturated rings. The molecule has 0 bridgehead atoms. The Kier molecular flexibility index (Phi) is 3.52. The summed E-state index contributed by atoms with van der Waals surface area (Å²) in [5.74, 6) is -0.195. The molecule has 1 saturated heterocycles. The van der Waals surface area contributed by atoms with Crippen LogP contribution in [-0.2, 0) is 16.0 Å². The molecule has 130 valence electrons. The number of rotatable bonds is 3. The molecule has 3 heterocycles. The van der Waals surface area contributed by atoms with Gasteiger partial charge in [-0.25, -0.2) is 0 Å². The number of hydrogen-bond acceptors (Lipinski definition) is 5. The van der Waals surface area contributed by atoms with Gasteiger partial charge < -0.3 is 19.3 Å². The summed E-state index contributed by atoms with van der Waals surface area (Å²) in [6.07, 6.45) is 0.0752. The van der Waals surface area contributed by atoms with E-state index < -0.39 is 11.4 Å². The average molecular weight is 342 g/mol. The molecule has 0 radical (unpaired) electrons. The number of hydrogen-bond donors (Lipinski definition) is 1. The Balaban J connectivity index is 1.62. The first-order valence-electron chi connectivity index (χ1n) is 8.15.